The van der Waals surface area contributed by atoms with Gasteiger partial charge in [0.15, 0.2) is 11.5 Å². The molecule has 4 rings (SSSR count). The molecule has 2 N–H and O–H groups in total. The molecule has 41 heavy (non-hydrogen) atoms. The summed E-state index contributed by atoms with van der Waals surface area (Å²) in [6, 6.07) is 10.0. The largest absolute Gasteiger partial charge is 0.504 e. The highest BCUT2D eigenvalue weighted by atomic mass is 19.4. The lowest BCUT2D eigenvalue weighted by Crippen LogP contribution is -2.32. The molecule has 0 spiro atoms. The van der Waals surface area contributed by atoms with Gasteiger partial charge in [-0.3, -0.25) is 9.69 Å². The van der Waals surface area contributed by atoms with Crippen LogP contribution in [0.5, 0.6) is 11.5 Å². The predicted octanol–water partition coefficient (Wildman–Crippen LogP) is 6.46. The Kier molecular flexibility index (Phi) is 7.91. The van der Waals surface area contributed by atoms with Crippen LogP contribution in [-0.4, -0.2) is 30.7 Å². The fraction of sp³-hybridized carbons (Fsp3) is 0.214. The first-order valence-corrected chi connectivity index (χ1v) is 12.0. The zero-order chi connectivity index (χ0) is 30.1. The lowest BCUT2D eigenvalue weighted by Gasteiger charge is -2.28. The Morgan fingerprint density at radius 2 is 1.59 bits per heavy atom. The van der Waals surface area contributed by atoms with Gasteiger partial charge in [-0.25, -0.2) is 4.79 Å². The van der Waals surface area contributed by atoms with Gasteiger partial charge < -0.3 is 19.9 Å². The maximum atomic E-state index is 13.9. The van der Waals surface area contributed by atoms with Crippen LogP contribution >= 0.6 is 0 Å². The van der Waals surface area contributed by atoms with Crippen LogP contribution in [0.25, 0.3) is 0 Å². The van der Waals surface area contributed by atoms with E-state index < -0.39 is 47.1 Å². The fourth-order valence-corrected chi connectivity index (χ4v) is 4.36. The third-order valence-corrected chi connectivity index (χ3v) is 6.16. The number of methoxy groups -OCH3 is 1. The smallest absolute Gasteiger partial charge is 0.416 e. The summed E-state index contributed by atoms with van der Waals surface area (Å²) in [5, 5.41) is 12.7. The van der Waals surface area contributed by atoms with Crippen molar-refractivity contribution < 1.29 is 50.5 Å². The number of rotatable bonds is 7. The number of amides is 1. The van der Waals surface area contributed by atoms with Crippen molar-refractivity contribution in [3.63, 3.8) is 0 Å². The van der Waals surface area contributed by atoms with Crippen LogP contribution in [-0.2, 0) is 26.7 Å². The number of nitrogens with zero attached hydrogens (tertiary/aromatic N) is 1. The summed E-state index contributed by atoms with van der Waals surface area (Å²) in [5.74, 6) is -2.42. The monoisotopic (exact) mass is 580 g/mol. The number of aromatic hydroxyl groups is 1. The van der Waals surface area contributed by atoms with E-state index in [2.05, 4.69) is 5.32 Å². The summed E-state index contributed by atoms with van der Waals surface area (Å²) < 4.78 is 91.1. The topological polar surface area (TPSA) is 88.1 Å². The van der Waals surface area contributed by atoms with Gasteiger partial charge >= 0.3 is 18.3 Å². The molecule has 3 aromatic rings. The molecule has 0 saturated heterocycles. The van der Waals surface area contributed by atoms with Crippen molar-refractivity contribution in [3.05, 3.63) is 94.7 Å². The number of hydrogen-bond donors (Lipinski definition) is 2. The number of carbonyl (C=O) groups is 2. The summed E-state index contributed by atoms with van der Waals surface area (Å²) >= 11 is 0. The molecule has 0 aliphatic carbocycles. The Morgan fingerprint density at radius 1 is 0.951 bits per heavy atom. The molecule has 13 heteroatoms. The molecule has 3 aromatic carbocycles. The quantitative estimate of drug-likeness (QED) is 0.247. The average Bonchev–Trinajstić information content (AvgIpc) is 3.20. The molecule has 1 aliphatic rings. The molecule has 0 aromatic heterocycles. The van der Waals surface area contributed by atoms with Crippen LogP contribution in [0.3, 0.4) is 0 Å². The molecule has 0 radical (unpaired) electrons. The predicted molar refractivity (Wildman–Crippen MR) is 135 cm³/mol. The maximum Gasteiger partial charge on any atom is 0.416 e. The number of ether oxygens (including phenoxy) is 2. The van der Waals surface area contributed by atoms with E-state index in [0.717, 1.165) is 29.2 Å². The number of esters is 1. The molecule has 216 valence electrons. The van der Waals surface area contributed by atoms with Gasteiger partial charge in [-0.1, -0.05) is 18.2 Å². The van der Waals surface area contributed by atoms with Crippen molar-refractivity contribution in [2.75, 3.05) is 23.9 Å². The maximum absolute atomic E-state index is 13.9. The van der Waals surface area contributed by atoms with Crippen molar-refractivity contribution >= 4 is 23.3 Å². The Morgan fingerprint density at radius 3 is 2.20 bits per heavy atom. The Bertz CT molecular complexity index is 1520. The summed E-state index contributed by atoms with van der Waals surface area (Å²) in [4.78, 5) is 28.1. The second kappa shape index (κ2) is 11.1. The number of hydrogen-bond acceptors (Lipinski definition) is 6. The van der Waals surface area contributed by atoms with Crippen LogP contribution in [0.4, 0.5) is 37.7 Å². The second-order valence-corrected chi connectivity index (χ2v) is 8.77. The first-order chi connectivity index (χ1) is 19.3. The number of phenolic OH excluding ortho intramolecular Hbond substituents is 1. The van der Waals surface area contributed by atoms with Crippen LogP contribution in [0, 0.1) is 0 Å². The van der Waals surface area contributed by atoms with Crippen LogP contribution < -0.4 is 15.0 Å². The van der Waals surface area contributed by atoms with Gasteiger partial charge in [-0.2, -0.15) is 26.3 Å². The minimum Gasteiger partial charge on any atom is -0.504 e. The van der Waals surface area contributed by atoms with Gasteiger partial charge in [0, 0.05) is 11.4 Å². The van der Waals surface area contributed by atoms with Crippen molar-refractivity contribution in [1.82, 2.24) is 0 Å². The highest BCUT2D eigenvalue weighted by Crippen LogP contribution is 2.45. The van der Waals surface area contributed by atoms with Gasteiger partial charge in [-0.05, 0) is 61.0 Å². The molecule has 7 nitrogen and oxygen atoms in total. The molecule has 0 bridgehead atoms. The van der Waals surface area contributed by atoms with Crippen molar-refractivity contribution in [2.45, 2.75) is 25.3 Å². The van der Waals surface area contributed by atoms with Gasteiger partial charge in [0.2, 0.25) is 0 Å². The van der Waals surface area contributed by atoms with Gasteiger partial charge in [0.1, 0.15) is 5.70 Å². The lowest BCUT2D eigenvalue weighted by molar-refractivity contribution is -0.139. The summed E-state index contributed by atoms with van der Waals surface area (Å²) in [6.07, 6.45) is -9.49. The second-order valence-electron chi connectivity index (χ2n) is 8.77. The highest BCUT2D eigenvalue weighted by Gasteiger charge is 2.46. The number of benzene rings is 3. The summed E-state index contributed by atoms with van der Waals surface area (Å²) in [5.41, 5.74) is -3.34. The Labute approximate surface area is 229 Å². The van der Waals surface area contributed by atoms with Crippen molar-refractivity contribution in [1.29, 1.82) is 0 Å². The number of phenols is 1. The standard InChI is InChI=1S/C28H22F6N2O5/c1-3-41-26(39)22-23(35-18-8-4-6-16(13-18)27(29,30)31)25(38)36(19-9-5-7-17(14-19)28(32,33)34)24(22)15-10-11-20(37)21(12-15)40-2/h4-14,24,35,37H,3H2,1-2H3. The first-order valence-electron chi connectivity index (χ1n) is 12.0. The van der Waals surface area contributed by atoms with E-state index in [1.807, 2.05) is 0 Å². The van der Waals surface area contributed by atoms with E-state index >= 15 is 0 Å². The highest BCUT2D eigenvalue weighted by molar-refractivity contribution is 6.18. The Balaban J connectivity index is 1.96. The molecule has 0 saturated carbocycles. The van der Waals surface area contributed by atoms with Crippen LogP contribution in [0.15, 0.2) is 78.0 Å². The van der Waals surface area contributed by atoms with E-state index in [4.69, 9.17) is 9.47 Å². The van der Waals surface area contributed by atoms with E-state index in [-0.39, 0.29) is 40.6 Å². The van der Waals surface area contributed by atoms with Crippen molar-refractivity contribution in [2.24, 2.45) is 0 Å². The molecule has 1 heterocycles. The van der Waals surface area contributed by atoms with Crippen LogP contribution in [0.1, 0.15) is 29.7 Å². The van der Waals surface area contributed by atoms with E-state index in [9.17, 15) is 41.0 Å². The van der Waals surface area contributed by atoms with E-state index in [1.165, 1.54) is 44.4 Å². The molecular formula is C28H22F6N2O5. The zero-order valence-corrected chi connectivity index (χ0v) is 21.4. The number of alkyl halides is 6. The zero-order valence-electron chi connectivity index (χ0n) is 21.4. The number of halogens is 6. The molecular weight excluding hydrogens is 558 g/mol. The van der Waals surface area contributed by atoms with Crippen molar-refractivity contribution in [3.8, 4) is 11.5 Å². The molecule has 1 aliphatic heterocycles. The lowest BCUT2D eigenvalue weighted by atomic mass is 9.97. The first kappa shape index (κ1) is 29.3. The normalized spacial score (nSPS) is 15.8. The number of carbonyl (C=O) groups excluding carboxylic acids is 2. The summed E-state index contributed by atoms with van der Waals surface area (Å²) in [7, 11) is 1.24. The van der Waals surface area contributed by atoms with E-state index in [1.54, 1.807) is 0 Å². The SMILES string of the molecule is CCOC(=O)C1=C(Nc2cccc(C(F)(F)F)c2)C(=O)N(c2cccc(C(F)(F)F)c2)C1c1ccc(O)c(OC)c1. The third kappa shape index (κ3) is 5.93. The van der Waals surface area contributed by atoms with Crippen LogP contribution in [0.2, 0.25) is 0 Å². The average molecular weight is 580 g/mol. The Hall–Kier alpha value is -4.68. The number of nitrogens with one attached hydrogen (secondary N) is 1. The number of anilines is 2. The van der Waals surface area contributed by atoms with Gasteiger partial charge in [0.05, 0.1) is 36.5 Å². The third-order valence-electron chi connectivity index (χ3n) is 6.16. The minimum absolute atomic E-state index is 0.0681. The summed E-state index contributed by atoms with van der Waals surface area (Å²) in [6.45, 7) is 1.33. The van der Waals surface area contributed by atoms with E-state index in [0.29, 0.717) is 12.1 Å². The molecule has 0 fully saturated rings. The fourth-order valence-electron chi connectivity index (χ4n) is 4.36. The van der Waals surface area contributed by atoms with Gasteiger partial charge in [0.25, 0.3) is 5.91 Å². The molecule has 1 unspecified atom stereocenters. The molecule has 1 amide bonds. The molecule has 1 atom stereocenters. The minimum atomic E-state index is -4.77. The van der Waals surface area contributed by atoms with Gasteiger partial charge in [-0.15, -0.1) is 0 Å².